The summed E-state index contributed by atoms with van der Waals surface area (Å²) in [7, 11) is 0. The summed E-state index contributed by atoms with van der Waals surface area (Å²) in [5.74, 6) is 1.83. The number of piperidine rings is 1. The summed E-state index contributed by atoms with van der Waals surface area (Å²) in [4.78, 5) is 6.98. The second kappa shape index (κ2) is 6.31. The van der Waals surface area contributed by atoms with E-state index in [4.69, 9.17) is 5.73 Å². The number of nitrogens with zero attached hydrogens (tertiary/aromatic N) is 3. The predicted octanol–water partition coefficient (Wildman–Crippen LogP) is 2.06. The minimum Gasteiger partial charge on any atom is -0.347 e. The molecule has 1 saturated heterocycles. The Balaban J connectivity index is 1.86. The van der Waals surface area contributed by atoms with Crippen LogP contribution in [0.1, 0.15) is 38.4 Å². The van der Waals surface area contributed by atoms with E-state index in [0.717, 1.165) is 49.3 Å². The highest BCUT2D eigenvalue weighted by molar-refractivity contribution is 7.09. The predicted molar refractivity (Wildman–Crippen MR) is 72.5 cm³/mol. The van der Waals surface area contributed by atoms with Crippen LogP contribution in [0.15, 0.2) is 0 Å². The molecular weight excluding hydrogens is 232 g/mol. The first-order chi connectivity index (χ1) is 8.33. The van der Waals surface area contributed by atoms with Crippen LogP contribution >= 0.6 is 11.5 Å². The van der Waals surface area contributed by atoms with Gasteiger partial charge in [0.25, 0.3) is 0 Å². The summed E-state index contributed by atoms with van der Waals surface area (Å²) in [5, 5.41) is 1.11. The molecule has 0 spiro atoms. The fourth-order valence-electron chi connectivity index (χ4n) is 2.35. The zero-order valence-electron chi connectivity index (χ0n) is 10.6. The molecule has 0 bridgehead atoms. The molecule has 0 radical (unpaired) electrons. The van der Waals surface area contributed by atoms with Gasteiger partial charge in [-0.2, -0.15) is 4.37 Å². The molecule has 2 rings (SSSR count). The van der Waals surface area contributed by atoms with Crippen LogP contribution in [0, 0.1) is 5.92 Å². The quantitative estimate of drug-likeness (QED) is 0.874. The normalized spacial score (nSPS) is 17.6. The average molecular weight is 254 g/mol. The van der Waals surface area contributed by atoms with E-state index in [0.29, 0.717) is 0 Å². The summed E-state index contributed by atoms with van der Waals surface area (Å²) >= 11 is 1.55. The van der Waals surface area contributed by atoms with Gasteiger partial charge >= 0.3 is 0 Å². The van der Waals surface area contributed by atoms with Gasteiger partial charge < -0.3 is 10.6 Å². The third-order valence-electron chi connectivity index (χ3n) is 3.39. The highest BCUT2D eigenvalue weighted by Gasteiger charge is 2.21. The van der Waals surface area contributed by atoms with Crippen LogP contribution in [0.3, 0.4) is 0 Å². The number of hydrogen-bond acceptors (Lipinski definition) is 5. The molecule has 1 aliphatic heterocycles. The van der Waals surface area contributed by atoms with E-state index in [-0.39, 0.29) is 0 Å². The highest BCUT2D eigenvalue weighted by Crippen LogP contribution is 2.26. The number of aryl methyl sites for hydroxylation is 1. The molecule has 0 saturated carbocycles. The van der Waals surface area contributed by atoms with Crippen molar-refractivity contribution >= 4 is 16.7 Å². The van der Waals surface area contributed by atoms with Crippen molar-refractivity contribution in [1.82, 2.24) is 9.36 Å². The number of hydrogen-bond donors (Lipinski definition) is 1. The van der Waals surface area contributed by atoms with Crippen LogP contribution in [-0.2, 0) is 6.42 Å². The van der Waals surface area contributed by atoms with Crippen LogP contribution in [0.2, 0.25) is 0 Å². The Bertz CT molecular complexity index is 331. The Labute approximate surface area is 107 Å². The van der Waals surface area contributed by atoms with E-state index in [1.165, 1.54) is 19.3 Å². The molecule has 4 nitrogen and oxygen atoms in total. The van der Waals surface area contributed by atoms with Gasteiger partial charge in [0, 0.05) is 31.0 Å². The number of nitrogens with two attached hydrogens (primary N) is 1. The van der Waals surface area contributed by atoms with Crippen LogP contribution in [0.25, 0.3) is 0 Å². The van der Waals surface area contributed by atoms with Gasteiger partial charge in [0.15, 0.2) is 0 Å². The maximum absolute atomic E-state index is 5.61. The molecule has 1 aliphatic rings. The summed E-state index contributed by atoms with van der Waals surface area (Å²) in [6.45, 7) is 5.22. The second-order valence-electron chi connectivity index (χ2n) is 4.75. The van der Waals surface area contributed by atoms with E-state index in [1.54, 1.807) is 11.5 Å². The Hall–Kier alpha value is -0.680. The molecule has 0 aromatic carbocycles. The minimum absolute atomic E-state index is 0.819. The third kappa shape index (κ3) is 3.39. The van der Waals surface area contributed by atoms with Gasteiger partial charge in [-0.1, -0.05) is 6.92 Å². The lowest BCUT2D eigenvalue weighted by Gasteiger charge is -2.31. The first-order valence-electron chi connectivity index (χ1n) is 6.61. The molecular formula is C12H22N4S. The second-order valence-corrected chi connectivity index (χ2v) is 5.48. The molecule has 17 heavy (non-hydrogen) atoms. The van der Waals surface area contributed by atoms with Crippen LogP contribution in [0.5, 0.6) is 0 Å². The van der Waals surface area contributed by atoms with Gasteiger partial charge in [0.1, 0.15) is 5.82 Å². The van der Waals surface area contributed by atoms with Crippen LogP contribution in [0.4, 0.5) is 5.13 Å². The van der Waals surface area contributed by atoms with E-state index < -0.39 is 0 Å². The molecule has 0 aliphatic carbocycles. The molecule has 5 heteroatoms. The van der Waals surface area contributed by atoms with Crippen molar-refractivity contribution in [2.45, 2.75) is 39.0 Å². The molecule has 2 heterocycles. The fourth-order valence-corrected chi connectivity index (χ4v) is 3.11. The van der Waals surface area contributed by atoms with Gasteiger partial charge in [0.05, 0.1) is 0 Å². The lowest BCUT2D eigenvalue weighted by Crippen LogP contribution is -2.34. The largest absolute Gasteiger partial charge is 0.347 e. The van der Waals surface area contributed by atoms with E-state index in [2.05, 4.69) is 21.2 Å². The SMILES string of the molecule is CCCc1nsc(N2CCC(CCN)CC2)n1. The Morgan fingerprint density at radius 1 is 1.41 bits per heavy atom. The summed E-state index contributed by atoms with van der Waals surface area (Å²) < 4.78 is 4.41. The third-order valence-corrected chi connectivity index (χ3v) is 4.21. The lowest BCUT2D eigenvalue weighted by molar-refractivity contribution is 0.386. The molecule has 0 amide bonds. The Morgan fingerprint density at radius 2 is 2.18 bits per heavy atom. The first-order valence-corrected chi connectivity index (χ1v) is 7.38. The first kappa shape index (κ1) is 12.8. The number of anilines is 1. The molecule has 2 N–H and O–H groups in total. The summed E-state index contributed by atoms with van der Waals surface area (Å²) in [6.07, 6.45) is 5.79. The van der Waals surface area contributed by atoms with E-state index in [9.17, 15) is 0 Å². The van der Waals surface area contributed by atoms with Gasteiger partial charge in [0.2, 0.25) is 5.13 Å². The topological polar surface area (TPSA) is 55.0 Å². The molecule has 0 unspecified atom stereocenters. The van der Waals surface area contributed by atoms with Gasteiger partial charge in [-0.3, -0.25) is 0 Å². The van der Waals surface area contributed by atoms with Crippen LogP contribution < -0.4 is 10.6 Å². The molecule has 1 aromatic heterocycles. The van der Waals surface area contributed by atoms with Crippen molar-refractivity contribution in [1.29, 1.82) is 0 Å². The monoisotopic (exact) mass is 254 g/mol. The van der Waals surface area contributed by atoms with Crippen molar-refractivity contribution in [3.8, 4) is 0 Å². The van der Waals surface area contributed by atoms with Crippen molar-refractivity contribution in [2.75, 3.05) is 24.5 Å². The van der Waals surface area contributed by atoms with Crippen molar-refractivity contribution in [2.24, 2.45) is 11.7 Å². The number of aromatic nitrogens is 2. The Kier molecular flexibility index (Phi) is 4.74. The van der Waals surface area contributed by atoms with Gasteiger partial charge in [-0.25, -0.2) is 4.98 Å². The zero-order chi connectivity index (χ0) is 12.1. The standard InChI is InChI=1S/C12H22N4S/c1-2-3-11-14-12(17-15-11)16-8-5-10(4-7-13)6-9-16/h10H,2-9,13H2,1H3. The molecule has 96 valence electrons. The summed E-state index contributed by atoms with van der Waals surface area (Å²) in [6, 6.07) is 0. The van der Waals surface area contributed by atoms with Crippen molar-refractivity contribution in [3.05, 3.63) is 5.82 Å². The smallest absolute Gasteiger partial charge is 0.205 e. The van der Waals surface area contributed by atoms with Crippen LogP contribution in [-0.4, -0.2) is 29.0 Å². The average Bonchev–Trinajstić information content (AvgIpc) is 2.80. The maximum Gasteiger partial charge on any atom is 0.205 e. The molecule has 0 atom stereocenters. The molecule has 1 aromatic rings. The van der Waals surface area contributed by atoms with Gasteiger partial charge in [-0.05, 0) is 38.1 Å². The molecule has 1 fully saturated rings. The van der Waals surface area contributed by atoms with Crippen molar-refractivity contribution in [3.63, 3.8) is 0 Å². The lowest BCUT2D eigenvalue weighted by atomic mass is 9.94. The highest BCUT2D eigenvalue weighted by atomic mass is 32.1. The van der Waals surface area contributed by atoms with E-state index in [1.807, 2.05) is 0 Å². The Morgan fingerprint density at radius 3 is 2.82 bits per heavy atom. The fraction of sp³-hybridized carbons (Fsp3) is 0.833. The maximum atomic E-state index is 5.61. The zero-order valence-corrected chi connectivity index (χ0v) is 11.4. The minimum atomic E-state index is 0.819. The number of rotatable bonds is 5. The van der Waals surface area contributed by atoms with Crippen molar-refractivity contribution < 1.29 is 0 Å². The van der Waals surface area contributed by atoms with Gasteiger partial charge in [-0.15, -0.1) is 0 Å². The van der Waals surface area contributed by atoms with E-state index >= 15 is 0 Å². The summed E-state index contributed by atoms with van der Waals surface area (Å²) in [5.41, 5.74) is 5.61.